The summed E-state index contributed by atoms with van der Waals surface area (Å²) in [4.78, 5) is 8.51. The van der Waals surface area contributed by atoms with Crippen molar-refractivity contribution in [2.45, 2.75) is 20.4 Å². The minimum atomic E-state index is 0.464. The van der Waals surface area contributed by atoms with Crippen molar-refractivity contribution in [1.82, 2.24) is 9.97 Å². The Labute approximate surface area is 153 Å². The minimum Gasteiger partial charge on any atom is -0.492 e. The highest BCUT2D eigenvalue weighted by Crippen LogP contribution is 2.31. The van der Waals surface area contributed by atoms with Crippen LogP contribution in [0.5, 0.6) is 5.75 Å². The van der Waals surface area contributed by atoms with Gasteiger partial charge in [0.1, 0.15) is 17.8 Å². The normalized spacial score (nSPS) is 10.4. The van der Waals surface area contributed by atoms with Gasteiger partial charge in [-0.1, -0.05) is 42.0 Å². The van der Waals surface area contributed by atoms with Gasteiger partial charge in [0.05, 0.1) is 12.3 Å². The summed E-state index contributed by atoms with van der Waals surface area (Å²) in [6, 6.07) is 16.0. The van der Waals surface area contributed by atoms with E-state index in [9.17, 15) is 0 Å². The first-order valence-corrected chi connectivity index (χ1v) is 8.56. The largest absolute Gasteiger partial charge is 0.492 e. The molecule has 1 heterocycles. The number of benzene rings is 2. The molecule has 6 nitrogen and oxygen atoms in total. The Kier molecular flexibility index (Phi) is 5.53. The minimum absolute atomic E-state index is 0.464. The fourth-order valence-electron chi connectivity index (χ4n) is 2.51. The summed E-state index contributed by atoms with van der Waals surface area (Å²) in [5.74, 6) is 1.89. The number of nitrogens with one attached hydrogen (secondary N) is 2. The first kappa shape index (κ1) is 17.5. The Morgan fingerprint density at radius 1 is 1.00 bits per heavy atom. The summed E-state index contributed by atoms with van der Waals surface area (Å²) in [5, 5.41) is 6.50. The highest BCUT2D eigenvalue weighted by atomic mass is 16.5. The molecule has 0 saturated carbocycles. The number of aromatic nitrogens is 2. The molecule has 0 bridgehead atoms. The molecule has 0 fully saturated rings. The number of anilines is 4. The van der Waals surface area contributed by atoms with Crippen molar-refractivity contribution in [1.29, 1.82) is 0 Å². The van der Waals surface area contributed by atoms with Crippen LogP contribution in [-0.2, 0) is 6.54 Å². The molecule has 3 aromatic rings. The maximum atomic E-state index is 6.25. The Morgan fingerprint density at radius 3 is 2.50 bits per heavy atom. The lowest BCUT2D eigenvalue weighted by atomic mass is 10.1. The van der Waals surface area contributed by atoms with Gasteiger partial charge in [0.15, 0.2) is 11.6 Å². The molecule has 3 rings (SSSR count). The molecule has 4 N–H and O–H groups in total. The summed E-state index contributed by atoms with van der Waals surface area (Å²) in [6.45, 7) is 5.23. The van der Waals surface area contributed by atoms with Crippen LogP contribution in [0.15, 0.2) is 54.9 Å². The Bertz CT molecular complexity index is 864. The van der Waals surface area contributed by atoms with E-state index in [2.05, 4.69) is 51.8 Å². The lowest BCUT2D eigenvalue weighted by Gasteiger charge is -2.15. The molecule has 0 aliphatic heterocycles. The molecule has 0 radical (unpaired) electrons. The molecule has 0 atom stereocenters. The molecule has 0 amide bonds. The van der Waals surface area contributed by atoms with Crippen LogP contribution in [0.25, 0.3) is 0 Å². The number of nitrogens with zero attached hydrogens (tertiary/aromatic N) is 2. The maximum absolute atomic E-state index is 6.25. The predicted molar refractivity (Wildman–Crippen MR) is 106 cm³/mol. The molecule has 6 heteroatoms. The molecule has 0 aliphatic carbocycles. The van der Waals surface area contributed by atoms with Gasteiger partial charge in [-0.2, -0.15) is 0 Å². The zero-order valence-electron chi connectivity index (χ0n) is 15.0. The number of hydrogen-bond acceptors (Lipinski definition) is 6. The van der Waals surface area contributed by atoms with E-state index in [0.717, 1.165) is 17.0 Å². The summed E-state index contributed by atoms with van der Waals surface area (Å²) >= 11 is 0. The highest BCUT2D eigenvalue weighted by Gasteiger charge is 2.10. The number of aryl methyl sites for hydroxylation is 1. The van der Waals surface area contributed by atoms with Gasteiger partial charge in [0.25, 0.3) is 0 Å². The van der Waals surface area contributed by atoms with E-state index in [4.69, 9.17) is 10.5 Å². The van der Waals surface area contributed by atoms with Crippen molar-refractivity contribution in [3.05, 3.63) is 66.0 Å². The zero-order valence-corrected chi connectivity index (χ0v) is 15.0. The first-order valence-electron chi connectivity index (χ1n) is 8.56. The Balaban J connectivity index is 1.76. The SMILES string of the molecule is CCOc1ccccc1Nc1ncnc(NCc2ccc(C)cc2)c1N. The standard InChI is InChI=1S/C20H23N5O/c1-3-26-17-7-5-4-6-16(17)25-20-18(21)19(23-13-24-20)22-12-15-10-8-14(2)9-11-15/h4-11,13H,3,12,21H2,1-2H3,(H2,22,23,24,25). The third-order valence-electron chi connectivity index (χ3n) is 3.90. The molecule has 0 aliphatic rings. The molecule has 1 aromatic heterocycles. The smallest absolute Gasteiger partial charge is 0.159 e. The van der Waals surface area contributed by atoms with Gasteiger partial charge in [0.2, 0.25) is 0 Å². The van der Waals surface area contributed by atoms with Crippen LogP contribution >= 0.6 is 0 Å². The first-order chi connectivity index (χ1) is 12.7. The van der Waals surface area contributed by atoms with Crippen LogP contribution in [0.1, 0.15) is 18.1 Å². The summed E-state index contributed by atoms with van der Waals surface area (Å²) in [7, 11) is 0. The van der Waals surface area contributed by atoms with Crippen molar-refractivity contribution in [2.24, 2.45) is 0 Å². The number of rotatable bonds is 7. The zero-order chi connectivity index (χ0) is 18.4. The van der Waals surface area contributed by atoms with E-state index in [1.165, 1.54) is 11.9 Å². The van der Waals surface area contributed by atoms with Gasteiger partial charge in [-0.05, 0) is 31.5 Å². The molecule has 26 heavy (non-hydrogen) atoms. The number of hydrogen-bond donors (Lipinski definition) is 3. The second-order valence-electron chi connectivity index (χ2n) is 5.88. The predicted octanol–water partition coefficient (Wildman–Crippen LogP) is 4.12. The fourth-order valence-corrected chi connectivity index (χ4v) is 2.51. The Hall–Kier alpha value is -3.28. The van der Waals surface area contributed by atoms with E-state index in [-0.39, 0.29) is 0 Å². The average molecular weight is 349 g/mol. The molecule has 0 spiro atoms. The average Bonchev–Trinajstić information content (AvgIpc) is 2.65. The summed E-state index contributed by atoms with van der Waals surface area (Å²) < 4.78 is 5.63. The summed E-state index contributed by atoms with van der Waals surface area (Å²) in [6.07, 6.45) is 1.49. The third kappa shape index (κ3) is 4.22. The van der Waals surface area contributed by atoms with Crippen LogP contribution in [0.3, 0.4) is 0 Å². The van der Waals surface area contributed by atoms with Crippen LogP contribution < -0.4 is 21.1 Å². The number of nitrogens with two attached hydrogens (primary N) is 1. The summed E-state index contributed by atoms with van der Waals surface area (Å²) in [5.41, 5.74) is 9.91. The van der Waals surface area contributed by atoms with E-state index < -0.39 is 0 Å². The highest BCUT2D eigenvalue weighted by molar-refractivity contribution is 5.79. The topological polar surface area (TPSA) is 85.1 Å². The van der Waals surface area contributed by atoms with Crippen molar-refractivity contribution in [2.75, 3.05) is 23.0 Å². The van der Waals surface area contributed by atoms with Crippen molar-refractivity contribution in [3.8, 4) is 5.75 Å². The second-order valence-corrected chi connectivity index (χ2v) is 5.88. The van der Waals surface area contributed by atoms with Gasteiger partial charge in [-0.25, -0.2) is 9.97 Å². The van der Waals surface area contributed by atoms with Gasteiger partial charge in [-0.15, -0.1) is 0 Å². The van der Waals surface area contributed by atoms with E-state index in [1.807, 2.05) is 31.2 Å². The van der Waals surface area contributed by atoms with E-state index >= 15 is 0 Å². The van der Waals surface area contributed by atoms with Crippen LogP contribution in [0, 0.1) is 6.92 Å². The number of nitrogen functional groups attached to an aromatic ring is 1. The fraction of sp³-hybridized carbons (Fsp3) is 0.200. The quantitative estimate of drug-likeness (QED) is 0.595. The van der Waals surface area contributed by atoms with Gasteiger partial charge < -0.3 is 21.1 Å². The van der Waals surface area contributed by atoms with Gasteiger partial charge in [0, 0.05) is 6.54 Å². The van der Waals surface area contributed by atoms with Crippen molar-refractivity contribution >= 4 is 23.0 Å². The van der Waals surface area contributed by atoms with Crippen LogP contribution in [0.4, 0.5) is 23.0 Å². The van der Waals surface area contributed by atoms with Crippen LogP contribution in [-0.4, -0.2) is 16.6 Å². The molecule has 0 saturated heterocycles. The lowest BCUT2D eigenvalue weighted by Crippen LogP contribution is -2.08. The molecular weight excluding hydrogens is 326 g/mol. The second kappa shape index (κ2) is 8.20. The Morgan fingerprint density at radius 2 is 1.73 bits per heavy atom. The third-order valence-corrected chi connectivity index (χ3v) is 3.90. The molecule has 2 aromatic carbocycles. The van der Waals surface area contributed by atoms with Crippen molar-refractivity contribution in [3.63, 3.8) is 0 Å². The van der Waals surface area contributed by atoms with E-state index in [1.54, 1.807) is 0 Å². The monoisotopic (exact) mass is 349 g/mol. The van der Waals surface area contributed by atoms with Crippen molar-refractivity contribution < 1.29 is 4.74 Å². The maximum Gasteiger partial charge on any atom is 0.159 e. The number of ether oxygens (including phenoxy) is 1. The van der Waals surface area contributed by atoms with Crippen LogP contribution in [0.2, 0.25) is 0 Å². The lowest BCUT2D eigenvalue weighted by molar-refractivity contribution is 0.342. The molecular formula is C20H23N5O. The van der Waals surface area contributed by atoms with E-state index in [0.29, 0.717) is 30.5 Å². The molecule has 0 unspecified atom stereocenters. The number of para-hydroxylation sites is 2. The molecule has 134 valence electrons. The van der Waals surface area contributed by atoms with Gasteiger partial charge >= 0.3 is 0 Å². The van der Waals surface area contributed by atoms with Gasteiger partial charge in [-0.3, -0.25) is 0 Å².